The van der Waals surface area contributed by atoms with E-state index >= 15 is 0 Å². The Morgan fingerprint density at radius 3 is 2.09 bits per heavy atom. The number of hydrogen-bond acceptors (Lipinski definition) is 8. The molecule has 12 nitrogen and oxygen atoms in total. The lowest BCUT2D eigenvalue weighted by molar-refractivity contribution is -0.139. The molecule has 4 amide bonds. The molecule has 0 aliphatic carbocycles. The molecule has 280 valence electrons. The molecule has 6 rings (SSSR count). The number of amides is 4. The largest absolute Gasteiger partial charge is 0.497 e. The molecule has 0 radical (unpaired) electrons. The van der Waals surface area contributed by atoms with Crippen molar-refractivity contribution in [2.45, 2.75) is 44.4 Å². The van der Waals surface area contributed by atoms with E-state index in [1.165, 1.54) is 12.0 Å². The molecular weight excluding hydrogens is 688 g/mol. The Hall–Kier alpha value is -5.98. The molecule has 0 bridgehead atoms. The first-order valence-electron chi connectivity index (χ1n) is 17.8. The van der Waals surface area contributed by atoms with Crippen molar-refractivity contribution >= 4 is 40.7 Å². The monoisotopic (exact) mass is 732 g/mol. The van der Waals surface area contributed by atoms with Crippen LogP contribution in [0.25, 0.3) is 0 Å². The second-order valence-corrected chi connectivity index (χ2v) is 13.4. The van der Waals surface area contributed by atoms with E-state index in [0.29, 0.717) is 57.4 Å². The summed E-state index contributed by atoms with van der Waals surface area (Å²) in [6, 6.07) is 25.2. The fraction of sp³-hybridized carbons (Fsp3) is 0.286. The highest BCUT2D eigenvalue weighted by molar-refractivity contribution is 6.09. The third-order valence-electron chi connectivity index (χ3n) is 10.0. The molecule has 12 heteroatoms. The molecule has 0 unspecified atom stereocenters. The molecule has 54 heavy (non-hydrogen) atoms. The number of aliphatic hydroxyl groups excluding tert-OH is 1. The standard InChI is InChI=1S/C42H44N4O8/c1-27(7-4-11-38(48)45-22-6-10-33(45)26-47)42(52)36-24-32(44-40(50)30-14-19-35(54-3)20-15-30)16-21-37(36)46(41(42)51)25-28-8-5-9-31(23-28)43-39(49)29-12-17-34(53-2)18-13-29/h4-5,7-9,12-21,23-24,27,33,47,52H,6,10-11,22,25-26H2,1-3H3,(H,43,49)(H,44,50)/b7-4+/t27-,33+,42+/m1/s1. The maximum Gasteiger partial charge on any atom is 0.264 e. The van der Waals surface area contributed by atoms with Crippen LogP contribution in [0.3, 0.4) is 0 Å². The second-order valence-electron chi connectivity index (χ2n) is 13.4. The van der Waals surface area contributed by atoms with Gasteiger partial charge in [0.1, 0.15) is 11.5 Å². The van der Waals surface area contributed by atoms with Gasteiger partial charge in [-0.2, -0.15) is 0 Å². The van der Waals surface area contributed by atoms with Gasteiger partial charge in [-0.1, -0.05) is 31.2 Å². The average Bonchev–Trinajstić information content (AvgIpc) is 3.76. The van der Waals surface area contributed by atoms with Crippen molar-refractivity contribution in [3.05, 3.63) is 125 Å². The average molecular weight is 733 g/mol. The highest BCUT2D eigenvalue weighted by Crippen LogP contribution is 2.47. The van der Waals surface area contributed by atoms with Crippen molar-refractivity contribution in [3.8, 4) is 11.5 Å². The van der Waals surface area contributed by atoms with Gasteiger partial charge in [-0.25, -0.2) is 0 Å². The first kappa shape index (κ1) is 37.8. The van der Waals surface area contributed by atoms with E-state index in [2.05, 4.69) is 10.6 Å². The van der Waals surface area contributed by atoms with Gasteiger partial charge in [0.25, 0.3) is 17.7 Å². The van der Waals surface area contributed by atoms with E-state index in [1.54, 1.807) is 116 Å². The van der Waals surface area contributed by atoms with Crippen LogP contribution < -0.4 is 25.0 Å². The summed E-state index contributed by atoms with van der Waals surface area (Å²) in [5, 5.41) is 27.8. The van der Waals surface area contributed by atoms with Gasteiger partial charge in [-0.05, 0) is 97.3 Å². The molecule has 4 aromatic rings. The first-order chi connectivity index (χ1) is 26.0. The Kier molecular flexibility index (Phi) is 11.4. The maximum atomic E-state index is 14.4. The molecular formula is C42H44N4O8. The van der Waals surface area contributed by atoms with Gasteiger partial charge in [0.05, 0.1) is 39.1 Å². The minimum Gasteiger partial charge on any atom is -0.497 e. The predicted octanol–water partition coefficient (Wildman–Crippen LogP) is 5.51. The zero-order valence-electron chi connectivity index (χ0n) is 30.5. The number of rotatable bonds is 13. The van der Waals surface area contributed by atoms with Crippen molar-refractivity contribution in [2.24, 2.45) is 5.92 Å². The minimum absolute atomic E-state index is 0.0503. The van der Waals surface area contributed by atoms with Crippen LogP contribution in [0.4, 0.5) is 17.1 Å². The molecule has 2 aliphatic rings. The topological polar surface area (TPSA) is 158 Å². The molecule has 1 fully saturated rings. The summed E-state index contributed by atoms with van der Waals surface area (Å²) >= 11 is 0. The summed E-state index contributed by atoms with van der Waals surface area (Å²) in [5.41, 5.74) is 1.14. The van der Waals surface area contributed by atoms with E-state index in [9.17, 15) is 29.4 Å². The van der Waals surface area contributed by atoms with E-state index in [4.69, 9.17) is 9.47 Å². The number of fused-ring (bicyclic) bond motifs is 1. The molecule has 4 aromatic carbocycles. The molecule has 0 aromatic heterocycles. The fourth-order valence-corrected chi connectivity index (χ4v) is 6.99. The Bertz CT molecular complexity index is 2050. The van der Waals surface area contributed by atoms with Crippen LogP contribution in [0, 0.1) is 5.92 Å². The first-order valence-corrected chi connectivity index (χ1v) is 17.8. The Morgan fingerprint density at radius 2 is 1.50 bits per heavy atom. The lowest BCUT2D eigenvalue weighted by Crippen LogP contribution is -2.44. The summed E-state index contributed by atoms with van der Waals surface area (Å²) in [5.74, 6) is -0.951. The summed E-state index contributed by atoms with van der Waals surface area (Å²) in [6.45, 7) is 2.26. The quantitative estimate of drug-likeness (QED) is 0.131. The normalized spacial score (nSPS) is 18.4. The minimum atomic E-state index is -2.04. The number of methoxy groups -OCH3 is 2. The van der Waals surface area contributed by atoms with Gasteiger partial charge in [0.2, 0.25) is 5.91 Å². The number of carbonyl (C=O) groups is 4. The van der Waals surface area contributed by atoms with Gasteiger partial charge >= 0.3 is 0 Å². The van der Waals surface area contributed by atoms with Crippen LogP contribution in [-0.2, 0) is 21.7 Å². The Morgan fingerprint density at radius 1 is 0.889 bits per heavy atom. The smallest absolute Gasteiger partial charge is 0.264 e. The molecule has 1 saturated heterocycles. The lowest BCUT2D eigenvalue weighted by atomic mass is 9.82. The Labute approximate surface area is 314 Å². The summed E-state index contributed by atoms with van der Waals surface area (Å²) in [6.07, 6.45) is 4.93. The predicted molar refractivity (Wildman–Crippen MR) is 205 cm³/mol. The van der Waals surface area contributed by atoms with Gasteiger partial charge < -0.3 is 40.1 Å². The Balaban J connectivity index is 1.26. The second kappa shape index (κ2) is 16.4. The number of nitrogens with one attached hydrogen (secondary N) is 2. The van der Waals surface area contributed by atoms with Crippen LogP contribution in [-0.4, -0.2) is 72.2 Å². The molecule has 3 atom stereocenters. The van der Waals surface area contributed by atoms with Gasteiger partial charge in [-0.15, -0.1) is 0 Å². The molecule has 2 heterocycles. The molecule has 2 aliphatic heterocycles. The zero-order chi connectivity index (χ0) is 38.4. The van der Waals surface area contributed by atoms with Crippen molar-refractivity contribution in [1.82, 2.24) is 4.90 Å². The molecule has 4 N–H and O–H groups in total. The number of carbonyl (C=O) groups excluding carboxylic acids is 4. The fourth-order valence-electron chi connectivity index (χ4n) is 6.99. The van der Waals surface area contributed by atoms with Crippen LogP contribution in [0.2, 0.25) is 0 Å². The van der Waals surface area contributed by atoms with Crippen LogP contribution in [0.5, 0.6) is 11.5 Å². The number of anilines is 3. The highest BCUT2D eigenvalue weighted by atomic mass is 16.5. The summed E-state index contributed by atoms with van der Waals surface area (Å²) in [4.78, 5) is 56.7. The molecule has 0 saturated carbocycles. The van der Waals surface area contributed by atoms with Gasteiger partial charge in [0.15, 0.2) is 5.60 Å². The van der Waals surface area contributed by atoms with E-state index in [-0.39, 0.29) is 43.3 Å². The van der Waals surface area contributed by atoms with Crippen molar-refractivity contribution < 1.29 is 38.9 Å². The van der Waals surface area contributed by atoms with E-state index in [1.807, 2.05) is 6.07 Å². The number of likely N-dealkylation sites (tertiary alicyclic amines) is 1. The third-order valence-corrected chi connectivity index (χ3v) is 10.0. The van der Waals surface area contributed by atoms with E-state index < -0.39 is 17.4 Å². The molecule has 0 spiro atoms. The third kappa shape index (κ3) is 7.85. The number of benzene rings is 4. The van der Waals surface area contributed by atoms with Crippen molar-refractivity contribution in [2.75, 3.05) is 42.9 Å². The van der Waals surface area contributed by atoms with Gasteiger partial charge in [0, 0.05) is 46.9 Å². The van der Waals surface area contributed by atoms with E-state index in [0.717, 1.165) is 12.8 Å². The van der Waals surface area contributed by atoms with Crippen LogP contribution >= 0.6 is 0 Å². The van der Waals surface area contributed by atoms with Crippen LogP contribution in [0.15, 0.2) is 103 Å². The lowest BCUT2D eigenvalue weighted by Gasteiger charge is -2.28. The maximum absolute atomic E-state index is 14.4. The zero-order valence-corrected chi connectivity index (χ0v) is 30.5. The number of hydrogen-bond donors (Lipinski definition) is 4. The van der Waals surface area contributed by atoms with Crippen molar-refractivity contribution in [1.29, 1.82) is 0 Å². The van der Waals surface area contributed by atoms with Gasteiger partial charge in [-0.3, -0.25) is 19.2 Å². The number of aliphatic hydroxyl groups is 2. The number of nitrogens with zero attached hydrogens (tertiary/aromatic N) is 2. The summed E-state index contributed by atoms with van der Waals surface area (Å²) in [7, 11) is 3.09. The number of ether oxygens (including phenoxy) is 2. The van der Waals surface area contributed by atoms with Crippen LogP contribution in [0.1, 0.15) is 58.0 Å². The van der Waals surface area contributed by atoms with Crippen molar-refractivity contribution in [3.63, 3.8) is 0 Å². The SMILES string of the molecule is COc1ccc(C(=O)Nc2cccc(CN3C(=O)[C@](O)([C@H](C)/C=C/CC(=O)N4CCC[C@H]4CO)c4cc(NC(=O)c5ccc(OC)cc5)ccc43)c2)cc1. The summed E-state index contributed by atoms with van der Waals surface area (Å²) < 4.78 is 10.4. The highest BCUT2D eigenvalue weighted by Gasteiger charge is 2.52.